The maximum absolute atomic E-state index is 12.0. The summed E-state index contributed by atoms with van der Waals surface area (Å²) in [6, 6.07) is 9.03. The molecule has 2 rings (SSSR count). The molecule has 6 nitrogen and oxygen atoms in total. The van der Waals surface area contributed by atoms with Gasteiger partial charge >= 0.3 is 6.03 Å². The highest BCUT2D eigenvalue weighted by atomic mass is 16.2. The van der Waals surface area contributed by atoms with Gasteiger partial charge < -0.3 is 10.6 Å². The summed E-state index contributed by atoms with van der Waals surface area (Å²) in [6.07, 6.45) is 0. The topological polar surface area (TPSA) is 78.9 Å². The van der Waals surface area contributed by atoms with E-state index in [2.05, 4.69) is 25.9 Å². The molecular weight excluding hydrogens is 266 g/mol. The number of anilines is 3. The molecule has 2 aromatic rings. The van der Waals surface area contributed by atoms with E-state index in [9.17, 15) is 4.79 Å². The van der Waals surface area contributed by atoms with Crippen molar-refractivity contribution in [3.05, 3.63) is 41.6 Å². The van der Waals surface area contributed by atoms with Crippen molar-refractivity contribution in [2.45, 2.75) is 20.8 Å². The van der Waals surface area contributed by atoms with Gasteiger partial charge in [-0.25, -0.2) is 9.78 Å². The van der Waals surface area contributed by atoms with Gasteiger partial charge in [0, 0.05) is 24.0 Å². The molecule has 0 atom stereocenters. The molecular formula is C15H19N5O. The smallest absolute Gasteiger partial charge is 0.326 e. The molecule has 1 aromatic carbocycles. The fourth-order valence-electron chi connectivity index (χ4n) is 1.88. The van der Waals surface area contributed by atoms with E-state index >= 15 is 0 Å². The Hall–Kier alpha value is -2.63. The lowest BCUT2D eigenvalue weighted by atomic mass is 10.2. The maximum atomic E-state index is 12.0. The van der Waals surface area contributed by atoms with Gasteiger partial charge in [0.1, 0.15) is 5.82 Å². The fraction of sp³-hybridized carbons (Fsp3) is 0.267. The molecule has 0 saturated heterocycles. The number of aromatic nitrogens is 2. The number of urea groups is 1. The van der Waals surface area contributed by atoms with E-state index in [1.165, 1.54) is 0 Å². The number of carbonyl (C=O) groups is 1. The van der Waals surface area contributed by atoms with Crippen molar-refractivity contribution in [2.24, 2.45) is 0 Å². The summed E-state index contributed by atoms with van der Waals surface area (Å²) in [6.45, 7) is 6.56. The zero-order valence-electron chi connectivity index (χ0n) is 12.4. The average Bonchev–Trinajstić information content (AvgIpc) is 2.37. The van der Waals surface area contributed by atoms with Crippen molar-refractivity contribution in [1.29, 1.82) is 0 Å². The Morgan fingerprint density at radius 1 is 1.14 bits per heavy atom. The lowest BCUT2D eigenvalue weighted by Gasteiger charge is -2.09. The van der Waals surface area contributed by atoms with Crippen LogP contribution in [0.5, 0.6) is 0 Å². The van der Waals surface area contributed by atoms with E-state index in [0.717, 1.165) is 23.5 Å². The van der Waals surface area contributed by atoms with Crippen molar-refractivity contribution in [2.75, 3.05) is 22.5 Å². The molecule has 110 valence electrons. The minimum Gasteiger partial charge on any atom is -0.370 e. The zero-order chi connectivity index (χ0) is 15.2. The van der Waals surface area contributed by atoms with Crippen LogP contribution in [0.2, 0.25) is 0 Å². The van der Waals surface area contributed by atoms with E-state index in [4.69, 9.17) is 0 Å². The Balaban J connectivity index is 2.05. The molecule has 2 amide bonds. The second kappa shape index (κ2) is 6.69. The third-order valence-corrected chi connectivity index (χ3v) is 2.71. The first-order valence-electron chi connectivity index (χ1n) is 6.81. The molecule has 21 heavy (non-hydrogen) atoms. The lowest BCUT2D eigenvalue weighted by molar-refractivity contribution is 0.262. The minimum atomic E-state index is -0.367. The Labute approximate surface area is 124 Å². The summed E-state index contributed by atoms with van der Waals surface area (Å²) in [5.41, 5.74) is 2.59. The summed E-state index contributed by atoms with van der Waals surface area (Å²) in [5, 5.41) is 8.49. The van der Waals surface area contributed by atoms with Gasteiger partial charge in [0.25, 0.3) is 0 Å². The number of rotatable bonds is 4. The van der Waals surface area contributed by atoms with E-state index in [0.29, 0.717) is 5.82 Å². The Morgan fingerprint density at radius 2 is 1.95 bits per heavy atom. The van der Waals surface area contributed by atoms with Crippen LogP contribution in [-0.4, -0.2) is 22.5 Å². The van der Waals surface area contributed by atoms with Crippen molar-refractivity contribution >= 4 is 23.5 Å². The van der Waals surface area contributed by atoms with Crippen LogP contribution in [-0.2, 0) is 0 Å². The summed E-state index contributed by atoms with van der Waals surface area (Å²) in [4.78, 5) is 20.4. The van der Waals surface area contributed by atoms with Crippen LogP contribution < -0.4 is 16.0 Å². The van der Waals surface area contributed by atoms with Crippen LogP contribution in [0.1, 0.15) is 18.2 Å². The van der Waals surface area contributed by atoms with Crippen LogP contribution in [0.4, 0.5) is 22.2 Å². The highest BCUT2D eigenvalue weighted by molar-refractivity contribution is 5.98. The fourth-order valence-corrected chi connectivity index (χ4v) is 1.88. The number of amides is 2. The first-order valence-corrected chi connectivity index (χ1v) is 6.81. The van der Waals surface area contributed by atoms with Gasteiger partial charge in [-0.15, -0.1) is 0 Å². The van der Waals surface area contributed by atoms with Crippen LogP contribution in [0.25, 0.3) is 0 Å². The second-order valence-electron chi connectivity index (χ2n) is 4.70. The number of nitrogens with one attached hydrogen (secondary N) is 3. The third kappa shape index (κ3) is 4.45. The first-order chi connectivity index (χ1) is 10.1. The highest BCUT2D eigenvalue weighted by Gasteiger charge is 2.07. The van der Waals surface area contributed by atoms with E-state index < -0.39 is 0 Å². The van der Waals surface area contributed by atoms with Gasteiger partial charge in [0.05, 0.1) is 0 Å². The molecule has 0 aliphatic carbocycles. The summed E-state index contributed by atoms with van der Waals surface area (Å²) >= 11 is 0. The summed E-state index contributed by atoms with van der Waals surface area (Å²) in [7, 11) is 0. The number of hydrogen-bond donors (Lipinski definition) is 3. The number of carbonyl (C=O) groups excluding carboxylic acids is 1. The van der Waals surface area contributed by atoms with E-state index in [1.54, 1.807) is 0 Å². The average molecular weight is 285 g/mol. The molecule has 0 spiro atoms. The molecule has 0 fully saturated rings. The van der Waals surface area contributed by atoms with Gasteiger partial charge in [-0.05, 0) is 38.5 Å². The molecule has 0 unspecified atom stereocenters. The van der Waals surface area contributed by atoms with Crippen LogP contribution in [0.15, 0.2) is 30.3 Å². The summed E-state index contributed by atoms with van der Waals surface area (Å²) < 4.78 is 0. The van der Waals surface area contributed by atoms with Gasteiger partial charge in [0.15, 0.2) is 0 Å². The molecule has 0 aliphatic rings. The quantitative estimate of drug-likeness (QED) is 0.806. The number of aryl methyl sites for hydroxylation is 2. The largest absolute Gasteiger partial charge is 0.370 e. The maximum Gasteiger partial charge on any atom is 0.326 e. The SMILES string of the molecule is CCNc1cc(C)nc(NC(=O)Nc2cccc(C)c2)n1. The normalized spacial score (nSPS) is 10.0. The number of nitrogens with zero attached hydrogens (tertiary/aromatic N) is 2. The molecule has 3 N–H and O–H groups in total. The molecule has 0 aliphatic heterocycles. The Bertz CT molecular complexity index is 642. The van der Waals surface area contributed by atoms with Crippen LogP contribution in [0.3, 0.4) is 0 Å². The monoisotopic (exact) mass is 285 g/mol. The molecule has 6 heteroatoms. The van der Waals surface area contributed by atoms with E-state index in [-0.39, 0.29) is 12.0 Å². The van der Waals surface area contributed by atoms with Crippen molar-refractivity contribution < 1.29 is 4.79 Å². The van der Waals surface area contributed by atoms with Crippen molar-refractivity contribution in [1.82, 2.24) is 9.97 Å². The molecule has 0 saturated carbocycles. The highest BCUT2D eigenvalue weighted by Crippen LogP contribution is 2.12. The molecule has 0 radical (unpaired) electrons. The second-order valence-corrected chi connectivity index (χ2v) is 4.70. The number of benzene rings is 1. The molecule has 0 bridgehead atoms. The van der Waals surface area contributed by atoms with Gasteiger partial charge in [-0.1, -0.05) is 12.1 Å². The Kier molecular flexibility index (Phi) is 4.71. The first kappa shape index (κ1) is 14.8. The molecule has 1 aromatic heterocycles. The summed E-state index contributed by atoms with van der Waals surface area (Å²) in [5.74, 6) is 0.965. The predicted molar refractivity (Wildman–Crippen MR) is 84.8 cm³/mol. The minimum absolute atomic E-state index is 0.274. The number of hydrogen-bond acceptors (Lipinski definition) is 4. The van der Waals surface area contributed by atoms with Crippen LogP contribution >= 0.6 is 0 Å². The standard InChI is InChI=1S/C15H19N5O/c1-4-16-13-9-11(3)17-14(19-13)20-15(21)18-12-7-5-6-10(2)8-12/h5-9H,4H2,1-3H3,(H3,16,17,18,19,20,21). The third-order valence-electron chi connectivity index (χ3n) is 2.71. The van der Waals surface area contributed by atoms with Gasteiger partial charge in [0.2, 0.25) is 5.95 Å². The van der Waals surface area contributed by atoms with Crippen LogP contribution in [0, 0.1) is 13.8 Å². The Morgan fingerprint density at radius 3 is 2.67 bits per heavy atom. The van der Waals surface area contributed by atoms with Crippen molar-refractivity contribution in [3.63, 3.8) is 0 Å². The molecule has 1 heterocycles. The van der Waals surface area contributed by atoms with E-state index in [1.807, 2.05) is 51.1 Å². The van der Waals surface area contributed by atoms with Crippen molar-refractivity contribution in [3.8, 4) is 0 Å². The zero-order valence-corrected chi connectivity index (χ0v) is 12.4. The lowest BCUT2D eigenvalue weighted by Crippen LogP contribution is -2.21. The predicted octanol–water partition coefficient (Wildman–Crippen LogP) is 3.17. The van der Waals surface area contributed by atoms with Gasteiger partial charge in [-0.3, -0.25) is 5.32 Å². The van der Waals surface area contributed by atoms with Gasteiger partial charge in [-0.2, -0.15) is 4.98 Å².